The number of hydrogen-bond donors (Lipinski definition) is 2. The van der Waals surface area contributed by atoms with Crippen molar-refractivity contribution in [3.05, 3.63) is 40.9 Å². The van der Waals surface area contributed by atoms with E-state index in [0.29, 0.717) is 28.3 Å². The fourth-order valence-corrected chi connectivity index (χ4v) is 3.85. The predicted molar refractivity (Wildman–Crippen MR) is 123 cm³/mol. The lowest BCUT2D eigenvalue weighted by Gasteiger charge is -2.31. The molecule has 7 nitrogen and oxygen atoms in total. The van der Waals surface area contributed by atoms with Crippen LogP contribution in [0, 0.1) is 5.92 Å². The van der Waals surface area contributed by atoms with Gasteiger partial charge in [-0.3, -0.25) is 9.59 Å². The Hall–Kier alpha value is -2.38. The number of furan rings is 1. The van der Waals surface area contributed by atoms with E-state index in [1.54, 1.807) is 18.2 Å². The van der Waals surface area contributed by atoms with E-state index in [4.69, 9.17) is 16.0 Å². The van der Waals surface area contributed by atoms with Gasteiger partial charge in [-0.2, -0.15) is 0 Å². The summed E-state index contributed by atoms with van der Waals surface area (Å²) in [6.45, 7) is 5.97. The second-order valence-corrected chi connectivity index (χ2v) is 9.81. The van der Waals surface area contributed by atoms with Gasteiger partial charge in [-0.15, -0.1) is 0 Å². The summed E-state index contributed by atoms with van der Waals surface area (Å²) in [6, 6.07) is 5.50. The Kier molecular flexibility index (Phi) is 7.06. The molecule has 8 heteroatoms. The fourth-order valence-electron chi connectivity index (χ4n) is 3.73. The molecule has 1 aliphatic carbocycles. The van der Waals surface area contributed by atoms with Crippen LogP contribution in [0.3, 0.4) is 0 Å². The van der Waals surface area contributed by atoms with Crippen LogP contribution in [0.5, 0.6) is 0 Å². The topological polar surface area (TPSA) is 87.5 Å². The monoisotopic (exact) mass is 446 g/mol. The van der Waals surface area contributed by atoms with Crippen molar-refractivity contribution < 1.29 is 14.0 Å². The van der Waals surface area contributed by atoms with E-state index in [-0.39, 0.29) is 23.0 Å². The Balaban J connectivity index is 1.77. The molecule has 0 unspecified atom stereocenters. The number of pyridine rings is 1. The van der Waals surface area contributed by atoms with Gasteiger partial charge in [0.2, 0.25) is 11.7 Å². The largest absolute Gasteiger partial charge is 0.453 e. The van der Waals surface area contributed by atoms with E-state index in [2.05, 4.69) is 34.6 Å². The molecule has 0 aliphatic heterocycles. The van der Waals surface area contributed by atoms with Gasteiger partial charge in [-0.1, -0.05) is 32.4 Å². The number of nitrogens with one attached hydrogen (secondary N) is 2. The Labute approximate surface area is 188 Å². The third-order valence-electron chi connectivity index (χ3n) is 5.70. The first-order chi connectivity index (χ1) is 14.5. The highest BCUT2D eigenvalue weighted by Gasteiger charge is 2.30. The fraction of sp³-hybridized carbons (Fsp3) is 0.522. The van der Waals surface area contributed by atoms with Crippen LogP contribution in [0.25, 0.3) is 0 Å². The van der Waals surface area contributed by atoms with Crippen LogP contribution in [0.1, 0.15) is 62.8 Å². The van der Waals surface area contributed by atoms with Crippen LogP contribution in [-0.4, -0.2) is 41.8 Å². The molecule has 0 spiro atoms. The number of aromatic nitrogens is 1. The molecule has 0 saturated heterocycles. The van der Waals surface area contributed by atoms with Crippen LogP contribution in [-0.2, 0) is 10.2 Å². The van der Waals surface area contributed by atoms with Gasteiger partial charge in [-0.25, -0.2) is 4.98 Å². The molecule has 31 heavy (non-hydrogen) atoms. The quantitative estimate of drug-likeness (QED) is 0.679. The predicted octanol–water partition coefficient (Wildman–Crippen LogP) is 4.94. The highest BCUT2D eigenvalue weighted by molar-refractivity contribution is 6.30. The van der Waals surface area contributed by atoms with Crippen molar-refractivity contribution >= 4 is 34.9 Å². The Morgan fingerprint density at radius 3 is 2.35 bits per heavy atom. The van der Waals surface area contributed by atoms with Gasteiger partial charge in [0.25, 0.3) is 5.91 Å². The molecule has 2 aromatic rings. The van der Waals surface area contributed by atoms with Gasteiger partial charge in [0.05, 0.1) is 10.7 Å². The van der Waals surface area contributed by atoms with Crippen molar-refractivity contribution in [2.24, 2.45) is 5.92 Å². The van der Waals surface area contributed by atoms with Crippen molar-refractivity contribution in [2.45, 2.75) is 57.9 Å². The average Bonchev–Trinajstić information content (AvgIpc) is 3.14. The molecule has 168 valence electrons. The van der Waals surface area contributed by atoms with Crippen LogP contribution in [0.4, 0.5) is 11.5 Å². The molecule has 0 radical (unpaired) electrons. The summed E-state index contributed by atoms with van der Waals surface area (Å²) in [7, 11) is 4.15. The standard InChI is InChI=1S/C23H31ClN4O3/c1-23(2,3)18-12-17(26-21(29)14-6-9-16(10-7-14)28(4)5)20(31-18)22(30)27-19-11-8-15(24)13-25-19/h8,11-14,16H,6-7,9-10H2,1-5H3,(H,26,29)(H,25,27,30). The third-order valence-corrected chi connectivity index (χ3v) is 5.93. The average molecular weight is 447 g/mol. The van der Waals surface area contributed by atoms with Gasteiger partial charge >= 0.3 is 0 Å². The van der Waals surface area contributed by atoms with E-state index in [1.807, 2.05) is 20.8 Å². The van der Waals surface area contributed by atoms with E-state index < -0.39 is 5.91 Å². The third kappa shape index (κ3) is 5.86. The SMILES string of the molecule is CN(C)C1CCC(C(=O)Nc2cc(C(C)(C)C)oc2C(=O)Nc2ccc(Cl)cn2)CC1. The van der Waals surface area contributed by atoms with Crippen LogP contribution in [0.15, 0.2) is 28.8 Å². The second kappa shape index (κ2) is 9.40. The first-order valence-electron chi connectivity index (χ1n) is 10.6. The summed E-state index contributed by atoms with van der Waals surface area (Å²) in [4.78, 5) is 32.2. The molecular formula is C23H31ClN4O3. The zero-order valence-corrected chi connectivity index (χ0v) is 19.5. The maximum atomic E-state index is 12.9. The Bertz CT molecular complexity index is 923. The van der Waals surface area contributed by atoms with Gasteiger partial charge in [0.15, 0.2) is 0 Å². The number of amides is 2. The minimum absolute atomic E-state index is 0.0667. The maximum Gasteiger partial charge on any atom is 0.294 e. The zero-order valence-electron chi connectivity index (χ0n) is 18.8. The highest BCUT2D eigenvalue weighted by atomic mass is 35.5. The van der Waals surface area contributed by atoms with E-state index in [1.165, 1.54) is 6.20 Å². The van der Waals surface area contributed by atoms with Gasteiger partial charge in [0.1, 0.15) is 11.6 Å². The number of carbonyl (C=O) groups excluding carboxylic acids is 2. The molecule has 1 saturated carbocycles. The minimum Gasteiger partial charge on any atom is -0.453 e. The first kappa shape index (κ1) is 23.3. The van der Waals surface area contributed by atoms with E-state index >= 15 is 0 Å². The van der Waals surface area contributed by atoms with Crippen LogP contribution >= 0.6 is 11.6 Å². The molecule has 2 heterocycles. The molecular weight excluding hydrogens is 416 g/mol. The lowest BCUT2D eigenvalue weighted by atomic mass is 9.85. The molecule has 0 bridgehead atoms. The lowest BCUT2D eigenvalue weighted by molar-refractivity contribution is -0.121. The molecule has 0 aromatic carbocycles. The summed E-state index contributed by atoms with van der Waals surface area (Å²) >= 11 is 5.86. The molecule has 0 atom stereocenters. The molecule has 2 aromatic heterocycles. The van der Waals surface area contributed by atoms with Gasteiger partial charge < -0.3 is 20.0 Å². The van der Waals surface area contributed by atoms with E-state index in [0.717, 1.165) is 25.7 Å². The number of rotatable bonds is 5. The Morgan fingerprint density at radius 1 is 1.13 bits per heavy atom. The lowest BCUT2D eigenvalue weighted by Crippen LogP contribution is -2.35. The van der Waals surface area contributed by atoms with Crippen molar-refractivity contribution in [2.75, 3.05) is 24.7 Å². The number of carbonyl (C=O) groups is 2. The number of nitrogens with zero attached hydrogens (tertiary/aromatic N) is 2. The normalized spacial score (nSPS) is 19.3. The summed E-state index contributed by atoms with van der Waals surface area (Å²) < 4.78 is 5.89. The van der Waals surface area contributed by atoms with Gasteiger partial charge in [0, 0.05) is 29.6 Å². The number of hydrogen-bond acceptors (Lipinski definition) is 5. The van der Waals surface area contributed by atoms with Crippen LogP contribution < -0.4 is 10.6 Å². The van der Waals surface area contributed by atoms with E-state index in [9.17, 15) is 9.59 Å². The first-order valence-corrected chi connectivity index (χ1v) is 11.0. The summed E-state index contributed by atoms with van der Waals surface area (Å²) in [5, 5.41) is 6.12. The molecule has 1 fully saturated rings. The summed E-state index contributed by atoms with van der Waals surface area (Å²) in [5.41, 5.74) is 0.0662. The van der Waals surface area contributed by atoms with Crippen molar-refractivity contribution in [1.29, 1.82) is 0 Å². The number of anilines is 2. The minimum atomic E-state index is -0.475. The molecule has 2 N–H and O–H groups in total. The Morgan fingerprint density at radius 2 is 1.81 bits per heavy atom. The molecule has 2 amide bonds. The maximum absolute atomic E-state index is 12.9. The molecule has 3 rings (SSSR count). The van der Waals surface area contributed by atoms with Gasteiger partial charge in [-0.05, 0) is 51.9 Å². The van der Waals surface area contributed by atoms with Crippen molar-refractivity contribution in [3.63, 3.8) is 0 Å². The summed E-state index contributed by atoms with van der Waals surface area (Å²) in [5.74, 6) is 0.417. The van der Waals surface area contributed by atoms with Crippen LogP contribution in [0.2, 0.25) is 5.02 Å². The molecule has 1 aliphatic rings. The smallest absolute Gasteiger partial charge is 0.294 e. The summed E-state index contributed by atoms with van der Waals surface area (Å²) in [6.07, 6.45) is 5.08. The van der Waals surface area contributed by atoms with Crippen molar-refractivity contribution in [3.8, 4) is 0 Å². The van der Waals surface area contributed by atoms with Crippen molar-refractivity contribution in [1.82, 2.24) is 9.88 Å². The highest BCUT2D eigenvalue weighted by Crippen LogP contribution is 2.33. The second-order valence-electron chi connectivity index (χ2n) is 9.38. The zero-order chi connectivity index (χ0) is 22.8. The number of halogens is 1.